The maximum absolute atomic E-state index is 13.4. The SMILES string of the molecule is CC(C)c1ccccc1N(C)c1ncc(C(F)(F)F)c(OCc2ccccc2)n1. The Labute approximate surface area is 168 Å². The summed E-state index contributed by atoms with van der Waals surface area (Å²) < 4.78 is 45.7. The molecule has 0 saturated heterocycles. The van der Waals surface area contributed by atoms with Crippen molar-refractivity contribution < 1.29 is 17.9 Å². The van der Waals surface area contributed by atoms with E-state index in [-0.39, 0.29) is 18.5 Å². The molecule has 7 heteroatoms. The molecule has 1 heterocycles. The second kappa shape index (κ2) is 8.51. The van der Waals surface area contributed by atoms with Gasteiger partial charge in [0.2, 0.25) is 11.8 Å². The first-order valence-electron chi connectivity index (χ1n) is 9.21. The van der Waals surface area contributed by atoms with Gasteiger partial charge in [0, 0.05) is 18.9 Å². The van der Waals surface area contributed by atoms with Gasteiger partial charge in [-0.05, 0) is 23.1 Å². The van der Waals surface area contributed by atoms with Crippen LogP contribution in [0.2, 0.25) is 0 Å². The Morgan fingerprint density at radius 2 is 1.66 bits per heavy atom. The second-order valence-corrected chi connectivity index (χ2v) is 6.93. The number of hydrogen-bond acceptors (Lipinski definition) is 4. The Morgan fingerprint density at radius 3 is 2.31 bits per heavy atom. The molecule has 3 rings (SSSR count). The van der Waals surface area contributed by atoms with E-state index >= 15 is 0 Å². The van der Waals surface area contributed by atoms with E-state index in [1.54, 1.807) is 36.2 Å². The van der Waals surface area contributed by atoms with Crippen LogP contribution in [-0.4, -0.2) is 17.0 Å². The molecule has 2 aromatic carbocycles. The van der Waals surface area contributed by atoms with Gasteiger partial charge in [0.1, 0.15) is 12.2 Å². The molecule has 0 N–H and O–H groups in total. The lowest BCUT2D eigenvalue weighted by molar-refractivity contribution is -0.139. The molecule has 0 radical (unpaired) electrons. The number of para-hydroxylation sites is 1. The van der Waals surface area contributed by atoms with E-state index in [0.717, 1.165) is 23.0 Å². The highest BCUT2D eigenvalue weighted by Crippen LogP contribution is 2.37. The summed E-state index contributed by atoms with van der Waals surface area (Å²) in [6.45, 7) is 4.08. The van der Waals surface area contributed by atoms with Crippen LogP contribution < -0.4 is 9.64 Å². The monoisotopic (exact) mass is 401 g/mol. The van der Waals surface area contributed by atoms with Gasteiger partial charge in [0.15, 0.2) is 0 Å². The quantitative estimate of drug-likeness (QED) is 0.510. The summed E-state index contributed by atoms with van der Waals surface area (Å²) in [5.41, 5.74) is 1.63. The molecule has 0 aliphatic carbocycles. The molecule has 3 aromatic rings. The number of ether oxygens (including phenoxy) is 1. The van der Waals surface area contributed by atoms with Gasteiger partial charge in [0.25, 0.3) is 0 Å². The van der Waals surface area contributed by atoms with Gasteiger partial charge < -0.3 is 9.64 Å². The number of aromatic nitrogens is 2. The van der Waals surface area contributed by atoms with E-state index in [1.165, 1.54) is 0 Å². The summed E-state index contributed by atoms with van der Waals surface area (Å²) in [6, 6.07) is 16.6. The molecular weight excluding hydrogens is 379 g/mol. The zero-order chi connectivity index (χ0) is 21.0. The number of benzene rings is 2. The third-order valence-electron chi connectivity index (χ3n) is 4.48. The molecule has 0 spiro atoms. The zero-order valence-corrected chi connectivity index (χ0v) is 16.4. The number of alkyl halides is 3. The molecule has 0 unspecified atom stereocenters. The predicted molar refractivity (Wildman–Crippen MR) is 106 cm³/mol. The van der Waals surface area contributed by atoms with Crippen LogP contribution in [0.5, 0.6) is 5.88 Å². The van der Waals surface area contributed by atoms with Gasteiger partial charge in [0.05, 0.1) is 0 Å². The Hall–Kier alpha value is -3.09. The van der Waals surface area contributed by atoms with Crippen molar-refractivity contribution in [3.05, 3.63) is 77.5 Å². The largest absolute Gasteiger partial charge is 0.472 e. The first kappa shape index (κ1) is 20.6. The van der Waals surface area contributed by atoms with Gasteiger partial charge in [-0.1, -0.05) is 62.4 Å². The predicted octanol–water partition coefficient (Wildman–Crippen LogP) is 5.97. The van der Waals surface area contributed by atoms with E-state index < -0.39 is 17.6 Å². The Bertz CT molecular complexity index is 959. The number of nitrogens with zero attached hydrogens (tertiary/aromatic N) is 3. The van der Waals surface area contributed by atoms with Crippen molar-refractivity contribution in [1.29, 1.82) is 0 Å². The first-order valence-corrected chi connectivity index (χ1v) is 9.21. The van der Waals surface area contributed by atoms with Crippen molar-refractivity contribution in [2.45, 2.75) is 32.5 Å². The lowest BCUT2D eigenvalue weighted by Crippen LogP contribution is -2.18. The van der Waals surface area contributed by atoms with Crippen LogP contribution in [0.1, 0.15) is 36.5 Å². The molecule has 0 amide bonds. The summed E-state index contributed by atoms with van der Waals surface area (Å²) in [5.74, 6) is -0.119. The number of anilines is 2. The smallest absolute Gasteiger partial charge is 0.423 e. The second-order valence-electron chi connectivity index (χ2n) is 6.93. The standard InChI is InChI=1S/C22H22F3N3O/c1-15(2)17-11-7-8-12-19(17)28(3)21-26-13-18(22(23,24)25)20(27-21)29-14-16-9-5-4-6-10-16/h4-13,15H,14H2,1-3H3. The minimum Gasteiger partial charge on any atom is -0.472 e. The van der Waals surface area contributed by atoms with Gasteiger partial charge in [-0.15, -0.1) is 0 Å². The van der Waals surface area contributed by atoms with Crippen molar-refractivity contribution in [2.24, 2.45) is 0 Å². The minimum atomic E-state index is -4.61. The Morgan fingerprint density at radius 1 is 1.00 bits per heavy atom. The minimum absolute atomic E-state index is 0.0212. The Kier molecular flexibility index (Phi) is 6.06. The van der Waals surface area contributed by atoms with Gasteiger partial charge in [-0.2, -0.15) is 18.2 Å². The number of rotatable bonds is 6. The first-order chi connectivity index (χ1) is 13.8. The average molecular weight is 401 g/mol. The molecule has 0 atom stereocenters. The third-order valence-corrected chi connectivity index (χ3v) is 4.48. The maximum Gasteiger partial charge on any atom is 0.423 e. The van der Waals surface area contributed by atoms with Crippen LogP contribution in [0.15, 0.2) is 60.8 Å². The summed E-state index contributed by atoms with van der Waals surface area (Å²) in [4.78, 5) is 9.73. The van der Waals surface area contributed by atoms with Crippen LogP contribution in [-0.2, 0) is 12.8 Å². The van der Waals surface area contributed by atoms with Gasteiger partial charge >= 0.3 is 6.18 Å². The lowest BCUT2D eigenvalue weighted by Gasteiger charge is -2.23. The van der Waals surface area contributed by atoms with Crippen molar-refractivity contribution in [3.8, 4) is 5.88 Å². The van der Waals surface area contributed by atoms with Crippen molar-refractivity contribution in [1.82, 2.24) is 9.97 Å². The van der Waals surface area contributed by atoms with E-state index in [9.17, 15) is 13.2 Å². The fraction of sp³-hybridized carbons (Fsp3) is 0.273. The summed E-state index contributed by atoms with van der Waals surface area (Å²) >= 11 is 0. The molecule has 0 fully saturated rings. The summed E-state index contributed by atoms with van der Waals surface area (Å²) in [6.07, 6.45) is -3.84. The van der Waals surface area contributed by atoms with Crippen molar-refractivity contribution in [3.63, 3.8) is 0 Å². The van der Waals surface area contributed by atoms with Gasteiger partial charge in [-0.25, -0.2) is 4.98 Å². The van der Waals surface area contributed by atoms with Crippen LogP contribution in [0.3, 0.4) is 0 Å². The topological polar surface area (TPSA) is 38.2 Å². The number of halogens is 3. The van der Waals surface area contributed by atoms with E-state index in [1.807, 2.05) is 30.3 Å². The van der Waals surface area contributed by atoms with Crippen molar-refractivity contribution >= 4 is 11.6 Å². The molecular formula is C22H22F3N3O. The maximum atomic E-state index is 13.4. The highest BCUT2D eigenvalue weighted by Gasteiger charge is 2.36. The third kappa shape index (κ3) is 4.85. The zero-order valence-electron chi connectivity index (χ0n) is 16.4. The van der Waals surface area contributed by atoms with Crippen LogP contribution >= 0.6 is 0 Å². The van der Waals surface area contributed by atoms with Crippen LogP contribution in [0.4, 0.5) is 24.8 Å². The van der Waals surface area contributed by atoms with E-state index in [2.05, 4.69) is 23.8 Å². The summed E-state index contributed by atoms with van der Waals surface area (Å²) in [7, 11) is 1.73. The highest BCUT2D eigenvalue weighted by molar-refractivity contribution is 5.62. The average Bonchev–Trinajstić information content (AvgIpc) is 2.71. The molecule has 0 bridgehead atoms. The fourth-order valence-corrected chi connectivity index (χ4v) is 2.94. The normalized spacial score (nSPS) is 11.6. The molecule has 29 heavy (non-hydrogen) atoms. The molecule has 1 aromatic heterocycles. The molecule has 0 aliphatic rings. The van der Waals surface area contributed by atoms with E-state index in [4.69, 9.17) is 4.74 Å². The van der Waals surface area contributed by atoms with Gasteiger partial charge in [-0.3, -0.25) is 0 Å². The summed E-state index contributed by atoms with van der Waals surface area (Å²) in [5, 5.41) is 0. The van der Waals surface area contributed by atoms with Crippen LogP contribution in [0.25, 0.3) is 0 Å². The molecule has 0 aliphatic heterocycles. The lowest BCUT2D eigenvalue weighted by atomic mass is 10.0. The molecule has 152 valence electrons. The molecule has 0 saturated carbocycles. The van der Waals surface area contributed by atoms with Crippen LogP contribution in [0, 0.1) is 0 Å². The fourth-order valence-electron chi connectivity index (χ4n) is 2.94. The number of hydrogen-bond donors (Lipinski definition) is 0. The molecule has 4 nitrogen and oxygen atoms in total. The van der Waals surface area contributed by atoms with E-state index in [0.29, 0.717) is 0 Å². The highest BCUT2D eigenvalue weighted by atomic mass is 19.4. The Balaban J connectivity index is 1.96. The van der Waals surface area contributed by atoms with Crippen molar-refractivity contribution in [2.75, 3.05) is 11.9 Å².